The number of hydrogen-bond donors (Lipinski definition) is 2. The van der Waals surface area contributed by atoms with Gasteiger partial charge in [0.2, 0.25) is 0 Å². The van der Waals surface area contributed by atoms with Gasteiger partial charge in [0, 0.05) is 47.9 Å². The van der Waals surface area contributed by atoms with E-state index in [-0.39, 0.29) is 0 Å². The minimum atomic E-state index is 0.765. The molecule has 2 N–H and O–H groups in total. The van der Waals surface area contributed by atoms with Crippen molar-refractivity contribution in [3.63, 3.8) is 0 Å². The van der Waals surface area contributed by atoms with Crippen molar-refractivity contribution in [3.05, 3.63) is 72.6 Å². The fourth-order valence-corrected chi connectivity index (χ4v) is 3.42. The second kappa shape index (κ2) is 6.81. The Hall–Kier alpha value is -3.67. The fourth-order valence-electron chi connectivity index (χ4n) is 3.42. The third-order valence-corrected chi connectivity index (χ3v) is 4.91. The molecule has 5 rings (SSSR count). The number of imidazole rings is 1. The van der Waals surface area contributed by atoms with Gasteiger partial charge in [-0.1, -0.05) is 6.07 Å². The molecular weight excluding hydrogens is 350 g/mol. The first-order chi connectivity index (χ1) is 13.8. The second-order valence-electron chi connectivity index (χ2n) is 6.74. The maximum absolute atomic E-state index is 5.26. The molecule has 0 unspecified atom stereocenters. The maximum atomic E-state index is 5.26. The zero-order valence-electron chi connectivity index (χ0n) is 15.4. The van der Waals surface area contributed by atoms with Crippen LogP contribution in [0.3, 0.4) is 0 Å². The smallest absolute Gasteiger partial charge is 0.157 e. The molecule has 4 aromatic heterocycles. The van der Waals surface area contributed by atoms with Gasteiger partial charge in [-0.3, -0.25) is 4.98 Å². The maximum Gasteiger partial charge on any atom is 0.157 e. The molecule has 28 heavy (non-hydrogen) atoms. The summed E-state index contributed by atoms with van der Waals surface area (Å²) in [5.74, 6) is 1.73. The van der Waals surface area contributed by atoms with Crippen LogP contribution in [0.15, 0.2) is 61.1 Å². The van der Waals surface area contributed by atoms with Crippen LogP contribution >= 0.6 is 0 Å². The molecule has 5 aromatic rings. The number of nitrogens with one attached hydrogen (secondary N) is 2. The van der Waals surface area contributed by atoms with E-state index in [2.05, 4.69) is 50.3 Å². The topological polar surface area (TPSA) is 79.5 Å². The van der Waals surface area contributed by atoms with E-state index in [1.54, 1.807) is 13.3 Å². The monoisotopic (exact) mass is 369 g/mol. The largest absolute Gasteiger partial charge is 0.497 e. The van der Waals surface area contributed by atoms with Crippen LogP contribution in [0.1, 0.15) is 11.5 Å². The van der Waals surface area contributed by atoms with Crippen LogP contribution in [0.25, 0.3) is 33.2 Å². The molecule has 0 aliphatic heterocycles. The number of fused-ring (bicyclic) bond motifs is 2. The van der Waals surface area contributed by atoms with Gasteiger partial charge >= 0.3 is 0 Å². The minimum Gasteiger partial charge on any atom is -0.497 e. The first kappa shape index (κ1) is 16.5. The number of ether oxygens (including phenoxy) is 1. The van der Waals surface area contributed by atoms with Crippen molar-refractivity contribution in [2.45, 2.75) is 12.8 Å². The molecule has 0 fully saturated rings. The van der Waals surface area contributed by atoms with Crippen molar-refractivity contribution in [2.24, 2.45) is 0 Å². The molecule has 6 nitrogen and oxygen atoms in total. The molecule has 138 valence electrons. The summed E-state index contributed by atoms with van der Waals surface area (Å²) in [5, 5.41) is 1.19. The summed E-state index contributed by atoms with van der Waals surface area (Å²) >= 11 is 0. The second-order valence-corrected chi connectivity index (χ2v) is 6.74. The highest BCUT2D eigenvalue weighted by molar-refractivity contribution is 5.86. The third kappa shape index (κ3) is 3.09. The Morgan fingerprint density at radius 3 is 2.86 bits per heavy atom. The molecule has 1 aromatic carbocycles. The van der Waals surface area contributed by atoms with Gasteiger partial charge in [0.05, 0.1) is 7.11 Å². The number of methoxy groups -OCH3 is 1. The predicted octanol–water partition coefficient (Wildman–Crippen LogP) is 4.30. The molecule has 4 heterocycles. The predicted molar refractivity (Wildman–Crippen MR) is 109 cm³/mol. The number of aromatic amines is 2. The number of pyridine rings is 2. The Morgan fingerprint density at radius 2 is 1.93 bits per heavy atom. The molecule has 0 atom stereocenters. The third-order valence-electron chi connectivity index (χ3n) is 4.91. The van der Waals surface area contributed by atoms with Crippen molar-refractivity contribution in [1.29, 1.82) is 0 Å². The van der Waals surface area contributed by atoms with E-state index < -0.39 is 0 Å². The minimum absolute atomic E-state index is 0.765. The summed E-state index contributed by atoms with van der Waals surface area (Å²) in [4.78, 5) is 20.2. The van der Waals surface area contributed by atoms with Crippen molar-refractivity contribution in [3.8, 4) is 16.9 Å². The van der Waals surface area contributed by atoms with E-state index in [4.69, 9.17) is 9.72 Å². The highest BCUT2D eigenvalue weighted by Gasteiger charge is 2.08. The van der Waals surface area contributed by atoms with Crippen molar-refractivity contribution >= 4 is 22.1 Å². The lowest BCUT2D eigenvalue weighted by molar-refractivity contribution is 0.413. The van der Waals surface area contributed by atoms with Gasteiger partial charge < -0.3 is 14.7 Å². The van der Waals surface area contributed by atoms with Gasteiger partial charge in [-0.2, -0.15) is 0 Å². The molecule has 0 spiro atoms. The normalized spacial score (nSPS) is 11.3. The van der Waals surface area contributed by atoms with E-state index in [0.717, 1.165) is 57.9 Å². The van der Waals surface area contributed by atoms with E-state index >= 15 is 0 Å². The first-order valence-corrected chi connectivity index (χ1v) is 9.19. The highest BCUT2D eigenvalue weighted by atomic mass is 16.5. The number of hydrogen-bond acceptors (Lipinski definition) is 4. The Morgan fingerprint density at radius 1 is 0.964 bits per heavy atom. The fraction of sp³-hybridized carbons (Fsp3) is 0.136. The van der Waals surface area contributed by atoms with Crippen molar-refractivity contribution in [1.82, 2.24) is 24.9 Å². The molecule has 0 radical (unpaired) electrons. The van der Waals surface area contributed by atoms with Gasteiger partial charge in [0.1, 0.15) is 17.1 Å². The highest BCUT2D eigenvalue weighted by Crippen LogP contribution is 2.25. The molecule has 0 saturated heterocycles. The van der Waals surface area contributed by atoms with Crippen LogP contribution in [0.5, 0.6) is 5.75 Å². The Labute approximate surface area is 161 Å². The summed E-state index contributed by atoms with van der Waals surface area (Å²) < 4.78 is 5.26. The summed E-state index contributed by atoms with van der Waals surface area (Å²) in [6, 6.07) is 14.3. The Bertz CT molecular complexity index is 1270. The zero-order valence-corrected chi connectivity index (χ0v) is 15.4. The molecule has 0 aliphatic rings. The number of rotatable bonds is 5. The number of aryl methyl sites for hydroxylation is 2. The lowest BCUT2D eigenvalue weighted by atomic mass is 10.1. The first-order valence-electron chi connectivity index (χ1n) is 9.19. The van der Waals surface area contributed by atoms with Gasteiger partial charge in [-0.25, -0.2) is 9.97 Å². The SMILES string of the molecule is COc1ccnc(CCc2nc3cc(-c4ccc5[nH]ccc5c4)cnc3[nH]2)c1. The number of nitrogens with zero attached hydrogens (tertiary/aromatic N) is 3. The van der Waals surface area contributed by atoms with Crippen LogP contribution in [0.2, 0.25) is 0 Å². The summed E-state index contributed by atoms with van der Waals surface area (Å²) in [7, 11) is 1.66. The lowest BCUT2D eigenvalue weighted by Gasteiger charge is -2.02. The quantitative estimate of drug-likeness (QED) is 0.484. The van der Waals surface area contributed by atoms with Crippen molar-refractivity contribution < 1.29 is 4.74 Å². The average molecular weight is 369 g/mol. The van der Waals surface area contributed by atoms with E-state index in [9.17, 15) is 0 Å². The molecular formula is C22H19N5O. The van der Waals surface area contributed by atoms with E-state index in [1.165, 1.54) is 5.39 Å². The van der Waals surface area contributed by atoms with Crippen LogP contribution < -0.4 is 4.74 Å². The number of aromatic nitrogens is 5. The molecule has 0 amide bonds. The summed E-state index contributed by atoms with van der Waals surface area (Å²) in [6.45, 7) is 0. The van der Waals surface area contributed by atoms with Crippen LogP contribution in [-0.2, 0) is 12.8 Å². The average Bonchev–Trinajstić information content (AvgIpc) is 3.37. The molecule has 6 heteroatoms. The van der Waals surface area contributed by atoms with E-state index in [0.29, 0.717) is 0 Å². The van der Waals surface area contributed by atoms with E-state index in [1.807, 2.05) is 24.5 Å². The lowest BCUT2D eigenvalue weighted by Crippen LogP contribution is -1.96. The van der Waals surface area contributed by atoms with Gasteiger partial charge in [0.15, 0.2) is 5.65 Å². The van der Waals surface area contributed by atoms with Gasteiger partial charge in [-0.05, 0) is 47.7 Å². The van der Waals surface area contributed by atoms with Crippen LogP contribution in [0.4, 0.5) is 0 Å². The Balaban J connectivity index is 1.40. The summed E-state index contributed by atoms with van der Waals surface area (Å²) in [5.41, 5.74) is 5.98. The number of benzene rings is 1. The van der Waals surface area contributed by atoms with Gasteiger partial charge in [0.25, 0.3) is 0 Å². The Kier molecular flexibility index (Phi) is 4.01. The molecule has 0 saturated carbocycles. The molecule has 0 bridgehead atoms. The summed E-state index contributed by atoms with van der Waals surface area (Å²) in [6.07, 6.45) is 7.16. The van der Waals surface area contributed by atoms with Gasteiger partial charge in [-0.15, -0.1) is 0 Å². The standard InChI is InChI=1S/C22H19N5O/c1-28-18-7-9-23-17(12-18)3-5-21-26-20-11-16(13-25-22(20)27-21)14-2-4-19-15(10-14)6-8-24-19/h2,4,6-13,24H,3,5H2,1H3,(H,25,26,27). The zero-order chi connectivity index (χ0) is 18.9. The number of H-pyrrole nitrogens is 2. The van der Waals surface area contributed by atoms with Crippen molar-refractivity contribution in [2.75, 3.05) is 7.11 Å². The van der Waals surface area contributed by atoms with Crippen LogP contribution in [-0.4, -0.2) is 32.0 Å². The molecule has 0 aliphatic carbocycles. The van der Waals surface area contributed by atoms with Crippen LogP contribution in [0, 0.1) is 0 Å².